The molecule has 1 aliphatic rings. The van der Waals surface area contributed by atoms with Crippen LogP contribution in [0.5, 0.6) is 0 Å². The highest BCUT2D eigenvalue weighted by Gasteiger charge is 2.41. The van der Waals surface area contributed by atoms with Gasteiger partial charge in [0.15, 0.2) is 0 Å². The third kappa shape index (κ3) is 11.3. The van der Waals surface area contributed by atoms with E-state index in [2.05, 4.69) is 88.0 Å². The molecular formula is C47H56Cl2N6O5S. The Labute approximate surface area is 370 Å². The minimum atomic E-state index is -4.21. The van der Waals surface area contributed by atoms with Crippen LogP contribution in [0.15, 0.2) is 114 Å². The van der Waals surface area contributed by atoms with Crippen LogP contribution in [0.3, 0.4) is 0 Å². The molecule has 6 rings (SSSR count). The zero-order valence-electron chi connectivity index (χ0n) is 35.0. The number of aromatic amines is 1. The molecule has 1 aromatic heterocycles. The molecule has 2 amide bonds. The fourth-order valence-corrected chi connectivity index (χ4v) is 10.2. The van der Waals surface area contributed by atoms with Crippen molar-refractivity contribution in [3.8, 4) is 0 Å². The molecule has 1 fully saturated rings. The van der Waals surface area contributed by atoms with Crippen LogP contribution < -0.4 is 5.32 Å². The summed E-state index contributed by atoms with van der Waals surface area (Å²) in [5.74, 6) is -0.0510. The van der Waals surface area contributed by atoms with Crippen LogP contribution in [-0.2, 0) is 36.2 Å². The maximum absolute atomic E-state index is 13.8. The fraction of sp³-hybridized carbons (Fsp3) is 0.383. The summed E-state index contributed by atoms with van der Waals surface area (Å²) in [4.78, 5) is 40.0. The number of sulfonamides is 1. The summed E-state index contributed by atoms with van der Waals surface area (Å²) in [5.41, 5.74) is 3.93. The predicted octanol–water partition coefficient (Wildman–Crippen LogP) is 7.50. The van der Waals surface area contributed by atoms with Gasteiger partial charge in [0.2, 0.25) is 21.8 Å². The lowest BCUT2D eigenvalue weighted by atomic mass is 9.69. The van der Waals surface area contributed by atoms with Crippen LogP contribution in [0, 0.1) is 6.92 Å². The van der Waals surface area contributed by atoms with Gasteiger partial charge in [-0.05, 0) is 99.5 Å². The second-order valence-corrected chi connectivity index (χ2v) is 18.1. The van der Waals surface area contributed by atoms with Crippen LogP contribution in [-0.4, -0.2) is 110 Å². The molecule has 14 heteroatoms. The minimum Gasteiger partial charge on any atom is -0.383 e. The Kier molecular flexibility index (Phi) is 16.6. The van der Waals surface area contributed by atoms with E-state index in [4.69, 9.17) is 32.9 Å². The SMILES string of the molecule is COCCN(CC(=O)NCC(=O)N(CCCCN1CCCC1)CCCc1cnc(C(c2ccccc2)(c2ccccc2)c2ccccc2)[nH]1)S(=O)(=O)c1ccc(Cl)c(C)c1Cl. The van der Waals surface area contributed by atoms with Crippen molar-refractivity contribution in [1.29, 1.82) is 0 Å². The van der Waals surface area contributed by atoms with E-state index < -0.39 is 27.9 Å². The van der Waals surface area contributed by atoms with E-state index in [1.165, 1.54) is 32.1 Å². The van der Waals surface area contributed by atoms with Gasteiger partial charge >= 0.3 is 0 Å². The number of imidazole rings is 1. The van der Waals surface area contributed by atoms with Crippen molar-refractivity contribution in [1.82, 2.24) is 29.4 Å². The smallest absolute Gasteiger partial charge is 0.245 e. The number of H-pyrrole nitrogens is 1. The highest BCUT2D eigenvalue weighted by atomic mass is 35.5. The molecule has 11 nitrogen and oxygen atoms in total. The summed E-state index contributed by atoms with van der Waals surface area (Å²) in [6.07, 6.45) is 7.42. The predicted molar refractivity (Wildman–Crippen MR) is 242 cm³/mol. The number of amides is 2. The first kappa shape index (κ1) is 46.0. The van der Waals surface area contributed by atoms with E-state index in [1.54, 1.807) is 11.8 Å². The molecule has 61 heavy (non-hydrogen) atoms. The molecule has 2 heterocycles. The second-order valence-electron chi connectivity index (χ2n) is 15.4. The van der Waals surface area contributed by atoms with Crippen molar-refractivity contribution in [2.75, 3.05) is 66.1 Å². The molecule has 0 spiro atoms. The lowest BCUT2D eigenvalue weighted by molar-refractivity contribution is -0.133. The molecule has 5 aromatic rings. The monoisotopic (exact) mass is 886 g/mol. The summed E-state index contributed by atoms with van der Waals surface area (Å²) in [6, 6.07) is 34.0. The Morgan fingerprint density at radius 2 is 1.43 bits per heavy atom. The van der Waals surface area contributed by atoms with Crippen LogP contribution in [0.2, 0.25) is 10.0 Å². The Bertz CT molecular complexity index is 2190. The van der Waals surface area contributed by atoms with Gasteiger partial charge in [0, 0.05) is 43.7 Å². The molecule has 2 N–H and O–H groups in total. The number of nitrogens with zero attached hydrogens (tertiary/aromatic N) is 4. The Hall–Kier alpha value is -4.56. The number of hydrogen-bond donors (Lipinski definition) is 2. The lowest BCUT2D eigenvalue weighted by Crippen LogP contribution is -2.46. The molecule has 1 aliphatic heterocycles. The minimum absolute atomic E-state index is 0.0138. The van der Waals surface area contributed by atoms with Gasteiger partial charge < -0.3 is 24.8 Å². The molecule has 0 saturated carbocycles. The molecule has 1 saturated heterocycles. The number of benzene rings is 4. The summed E-state index contributed by atoms with van der Waals surface area (Å²) in [5, 5.41) is 3.00. The van der Waals surface area contributed by atoms with E-state index in [1.807, 2.05) is 24.4 Å². The summed E-state index contributed by atoms with van der Waals surface area (Å²) >= 11 is 12.6. The summed E-state index contributed by atoms with van der Waals surface area (Å²) in [7, 11) is -2.77. The van der Waals surface area contributed by atoms with E-state index in [9.17, 15) is 18.0 Å². The number of halogens is 2. The molecular weight excluding hydrogens is 832 g/mol. The molecule has 4 aromatic carbocycles. The lowest BCUT2D eigenvalue weighted by Gasteiger charge is -2.34. The van der Waals surface area contributed by atoms with Crippen LogP contribution in [0.25, 0.3) is 0 Å². The van der Waals surface area contributed by atoms with Crippen molar-refractivity contribution in [3.63, 3.8) is 0 Å². The van der Waals surface area contributed by atoms with Gasteiger partial charge in [-0.3, -0.25) is 9.59 Å². The zero-order chi connectivity index (χ0) is 43.2. The summed E-state index contributed by atoms with van der Waals surface area (Å²) < 4.78 is 33.6. The fourth-order valence-electron chi connectivity index (χ4n) is 8.07. The Morgan fingerprint density at radius 3 is 2.02 bits per heavy atom. The normalized spacial score (nSPS) is 13.5. The Morgan fingerprint density at radius 1 is 0.836 bits per heavy atom. The highest BCUT2D eigenvalue weighted by Crippen LogP contribution is 2.43. The maximum Gasteiger partial charge on any atom is 0.245 e. The quantitative estimate of drug-likeness (QED) is 0.0545. The number of carbonyl (C=O) groups is 2. The van der Waals surface area contributed by atoms with E-state index in [-0.39, 0.29) is 35.5 Å². The molecule has 0 bridgehead atoms. The zero-order valence-corrected chi connectivity index (χ0v) is 37.3. The number of aryl methyl sites for hydroxylation is 1. The van der Waals surface area contributed by atoms with Gasteiger partial charge in [-0.25, -0.2) is 13.4 Å². The average molecular weight is 888 g/mol. The molecule has 324 valence electrons. The largest absolute Gasteiger partial charge is 0.383 e. The van der Waals surface area contributed by atoms with E-state index in [0.717, 1.165) is 65.0 Å². The number of unbranched alkanes of at least 4 members (excludes halogenated alkanes) is 1. The average Bonchev–Trinajstić information content (AvgIpc) is 3.99. The van der Waals surface area contributed by atoms with Crippen molar-refractivity contribution < 1.29 is 22.7 Å². The number of likely N-dealkylation sites (tertiary alicyclic amines) is 1. The first-order valence-corrected chi connectivity index (χ1v) is 23.2. The number of aromatic nitrogens is 2. The standard InChI is InChI=1S/C47H56Cl2N6O5S/c1-36-41(48)24-25-42(45(36)49)61(58,59)55(31-32-60-2)35-43(56)50-34-44(57)54(29-15-14-28-53-26-12-13-27-53)30-16-23-40-33-51-46(52-40)47(37-17-6-3-7-18-37,38-19-8-4-9-20-38)39-21-10-5-11-22-39/h3-11,17-22,24-25,33H,12-16,23,26-32,34-35H2,1-2H3,(H,50,56)(H,51,52). The van der Waals surface area contributed by atoms with Crippen molar-refractivity contribution in [3.05, 3.63) is 153 Å². The third-order valence-electron chi connectivity index (χ3n) is 11.4. The van der Waals surface area contributed by atoms with Gasteiger partial charge in [0.1, 0.15) is 16.1 Å². The topological polar surface area (TPSA) is 128 Å². The number of methoxy groups -OCH3 is 1. The van der Waals surface area contributed by atoms with Crippen molar-refractivity contribution in [2.45, 2.75) is 55.8 Å². The number of ether oxygens (including phenoxy) is 1. The third-order valence-corrected chi connectivity index (χ3v) is 14.3. The van der Waals surface area contributed by atoms with Crippen LogP contribution >= 0.6 is 23.2 Å². The van der Waals surface area contributed by atoms with Gasteiger partial charge in [0.05, 0.1) is 24.7 Å². The number of carbonyl (C=O) groups excluding carboxylic acids is 2. The van der Waals surface area contributed by atoms with E-state index >= 15 is 0 Å². The first-order valence-electron chi connectivity index (χ1n) is 21.0. The van der Waals surface area contributed by atoms with Gasteiger partial charge in [-0.2, -0.15) is 4.31 Å². The molecule has 0 unspecified atom stereocenters. The molecule has 0 atom stereocenters. The molecule has 0 aliphatic carbocycles. The van der Waals surface area contributed by atoms with Crippen LogP contribution in [0.4, 0.5) is 0 Å². The van der Waals surface area contributed by atoms with Gasteiger partial charge in [0.25, 0.3) is 0 Å². The second kappa shape index (κ2) is 22.0. The van der Waals surface area contributed by atoms with Crippen LogP contribution in [0.1, 0.15) is 65.9 Å². The van der Waals surface area contributed by atoms with Gasteiger partial charge in [-0.15, -0.1) is 0 Å². The number of hydrogen-bond acceptors (Lipinski definition) is 7. The van der Waals surface area contributed by atoms with Crippen molar-refractivity contribution >= 4 is 45.0 Å². The van der Waals surface area contributed by atoms with Gasteiger partial charge in [-0.1, -0.05) is 114 Å². The Balaban J connectivity index is 1.15. The highest BCUT2D eigenvalue weighted by molar-refractivity contribution is 7.89. The van der Waals surface area contributed by atoms with E-state index in [0.29, 0.717) is 36.5 Å². The number of nitrogens with one attached hydrogen (secondary N) is 2. The van der Waals surface area contributed by atoms with Crippen molar-refractivity contribution in [2.24, 2.45) is 0 Å². The maximum atomic E-state index is 13.8. The molecule has 0 radical (unpaired) electrons. The summed E-state index contributed by atoms with van der Waals surface area (Å²) in [6.45, 7) is 5.01. The first-order chi connectivity index (χ1) is 29.5. The number of rotatable bonds is 22.